The number of halogens is 1. The normalized spacial score (nSPS) is 17.0. The van der Waals surface area contributed by atoms with Crippen LogP contribution >= 0.6 is 11.6 Å². The molecule has 1 atom stereocenters. The van der Waals surface area contributed by atoms with E-state index in [4.69, 9.17) is 16.3 Å². The van der Waals surface area contributed by atoms with Crippen LogP contribution in [0.5, 0.6) is 5.75 Å². The van der Waals surface area contributed by atoms with Crippen molar-refractivity contribution >= 4 is 21.6 Å². The summed E-state index contributed by atoms with van der Waals surface area (Å²) in [5.74, 6) is 0.833. The van der Waals surface area contributed by atoms with Crippen LogP contribution in [0.25, 0.3) is 0 Å². The van der Waals surface area contributed by atoms with E-state index in [1.54, 1.807) is 24.3 Å². The van der Waals surface area contributed by atoms with Crippen LogP contribution < -0.4 is 9.46 Å². The fourth-order valence-electron chi connectivity index (χ4n) is 2.48. The number of rotatable bonds is 5. The molecule has 0 fully saturated rings. The Bertz CT molecular complexity index is 759. The molecule has 2 aromatic rings. The van der Waals surface area contributed by atoms with Crippen LogP contribution in [0.4, 0.5) is 0 Å². The van der Waals surface area contributed by atoms with Gasteiger partial charge in [0.1, 0.15) is 5.75 Å². The molecule has 2 aromatic carbocycles. The summed E-state index contributed by atoms with van der Waals surface area (Å²) in [7, 11) is -3.39. The van der Waals surface area contributed by atoms with E-state index in [-0.39, 0.29) is 11.7 Å². The molecule has 0 amide bonds. The van der Waals surface area contributed by atoms with Gasteiger partial charge in [0.2, 0.25) is 10.0 Å². The Morgan fingerprint density at radius 1 is 1.14 bits per heavy atom. The van der Waals surface area contributed by atoms with E-state index in [0.29, 0.717) is 23.7 Å². The number of hydrogen-bond donors (Lipinski definition) is 1. The first-order valence-corrected chi connectivity index (χ1v) is 9.00. The SMILES string of the molecule is O=S(=O)(Cc1ccc(Cl)cc1)NCC1COc2ccccc21. The zero-order valence-electron chi connectivity index (χ0n) is 11.8. The molecule has 0 radical (unpaired) electrons. The second kappa shape index (κ2) is 6.28. The van der Waals surface area contributed by atoms with Crippen molar-refractivity contribution in [3.8, 4) is 5.75 Å². The van der Waals surface area contributed by atoms with Gasteiger partial charge in [0, 0.05) is 23.0 Å². The molecule has 0 saturated heterocycles. The number of fused-ring (bicyclic) bond motifs is 1. The zero-order chi connectivity index (χ0) is 15.6. The van der Waals surface area contributed by atoms with Gasteiger partial charge in [-0.25, -0.2) is 13.1 Å². The van der Waals surface area contributed by atoms with Crippen molar-refractivity contribution in [1.82, 2.24) is 4.72 Å². The average Bonchev–Trinajstić information content (AvgIpc) is 2.91. The van der Waals surface area contributed by atoms with E-state index in [0.717, 1.165) is 11.3 Å². The molecule has 0 bridgehead atoms. The third-order valence-corrected chi connectivity index (χ3v) is 5.19. The van der Waals surface area contributed by atoms with Crippen LogP contribution in [0.1, 0.15) is 17.0 Å². The molecule has 1 aliphatic heterocycles. The van der Waals surface area contributed by atoms with Crippen molar-refractivity contribution in [3.05, 3.63) is 64.7 Å². The quantitative estimate of drug-likeness (QED) is 0.912. The van der Waals surface area contributed by atoms with Crippen LogP contribution in [0.3, 0.4) is 0 Å². The van der Waals surface area contributed by atoms with E-state index in [1.807, 2.05) is 24.3 Å². The summed E-state index contributed by atoms with van der Waals surface area (Å²) < 4.78 is 32.6. The molecule has 4 nitrogen and oxygen atoms in total. The van der Waals surface area contributed by atoms with Crippen molar-refractivity contribution in [2.75, 3.05) is 13.2 Å². The van der Waals surface area contributed by atoms with Gasteiger partial charge in [-0.1, -0.05) is 41.9 Å². The summed E-state index contributed by atoms with van der Waals surface area (Å²) in [5.41, 5.74) is 1.76. The van der Waals surface area contributed by atoms with Gasteiger partial charge in [-0.05, 0) is 23.8 Å². The Kier molecular flexibility index (Phi) is 4.38. The molecular weight excluding hydrogens is 322 g/mol. The van der Waals surface area contributed by atoms with E-state index in [2.05, 4.69) is 4.72 Å². The highest BCUT2D eigenvalue weighted by Gasteiger charge is 2.25. The van der Waals surface area contributed by atoms with Gasteiger partial charge >= 0.3 is 0 Å². The lowest BCUT2D eigenvalue weighted by Crippen LogP contribution is -2.30. The monoisotopic (exact) mass is 337 g/mol. The van der Waals surface area contributed by atoms with Crippen LogP contribution in [-0.2, 0) is 15.8 Å². The number of sulfonamides is 1. The maximum Gasteiger partial charge on any atom is 0.215 e. The first-order chi connectivity index (χ1) is 10.5. The van der Waals surface area contributed by atoms with Crippen molar-refractivity contribution in [1.29, 1.82) is 0 Å². The molecule has 1 N–H and O–H groups in total. The van der Waals surface area contributed by atoms with E-state index in [9.17, 15) is 8.42 Å². The summed E-state index contributed by atoms with van der Waals surface area (Å²) in [5, 5.41) is 0.591. The summed E-state index contributed by atoms with van der Waals surface area (Å²) in [4.78, 5) is 0. The smallest absolute Gasteiger partial charge is 0.215 e. The first-order valence-electron chi connectivity index (χ1n) is 6.97. The maximum atomic E-state index is 12.2. The van der Waals surface area contributed by atoms with Crippen molar-refractivity contribution in [2.45, 2.75) is 11.7 Å². The topological polar surface area (TPSA) is 55.4 Å². The molecule has 1 aliphatic rings. The Hall–Kier alpha value is -1.56. The standard InChI is InChI=1S/C16H16ClNO3S/c17-14-7-5-12(6-8-14)11-22(19,20)18-9-13-10-21-16-4-2-1-3-15(13)16/h1-8,13,18H,9-11H2. The van der Waals surface area contributed by atoms with Gasteiger partial charge in [-0.3, -0.25) is 0 Å². The molecule has 0 aliphatic carbocycles. The second-order valence-corrected chi connectivity index (χ2v) is 7.52. The lowest BCUT2D eigenvalue weighted by Gasteiger charge is -2.11. The van der Waals surface area contributed by atoms with Crippen LogP contribution in [-0.4, -0.2) is 21.6 Å². The van der Waals surface area contributed by atoms with Crippen molar-refractivity contribution in [2.24, 2.45) is 0 Å². The fraction of sp³-hybridized carbons (Fsp3) is 0.250. The summed E-state index contributed by atoms with van der Waals surface area (Å²) in [6, 6.07) is 14.5. The molecule has 116 valence electrons. The molecule has 6 heteroatoms. The Labute approximate surface area is 135 Å². The second-order valence-electron chi connectivity index (χ2n) is 5.28. The molecule has 0 saturated carbocycles. The van der Waals surface area contributed by atoms with Gasteiger partial charge in [0.15, 0.2) is 0 Å². The summed E-state index contributed by atoms with van der Waals surface area (Å²) >= 11 is 5.80. The molecule has 22 heavy (non-hydrogen) atoms. The van der Waals surface area contributed by atoms with E-state index < -0.39 is 10.0 Å². The average molecular weight is 338 g/mol. The highest BCUT2D eigenvalue weighted by atomic mass is 35.5. The molecule has 0 aromatic heterocycles. The van der Waals surface area contributed by atoms with Crippen LogP contribution in [0.2, 0.25) is 5.02 Å². The lowest BCUT2D eigenvalue weighted by molar-refractivity contribution is 0.330. The van der Waals surface area contributed by atoms with Gasteiger partial charge < -0.3 is 4.74 Å². The van der Waals surface area contributed by atoms with Crippen molar-refractivity contribution < 1.29 is 13.2 Å². The third-order valence-electron chi connectivity index (χ3n) is 3.62. The zero-order valence-corrected chi connectivity index (χ0v) is 13.4. The minimum atomic E-state index is -3.39. The molecular formula is C16H16ClNO3S. The first kappa shape index (κ1) is 15.3. The minimum absolute atomic E-state index is 0.0520. The fourth-order valence-corrected chi connectivity index (χ4v) is 3.79. The van der Waals surface area contributed by atoms with Crippen LogP contribution in [0.15, 0.2) is 48.5 Å². The van der Waals surface area contributed by atoms with Gasteiger partial charge in [0.05, 0.1) is 12.4 Å². The molecule has 1 heterocycles. The maximum absolute atomic E-state index is 12.2. The van der Waals surface area contributed by atoms with Gasteiger partial charge in [0.25, 0.3) is 0 Å². The Morgan fingerprint density at radius 2 is 1.86 bits per heavy atom. The lowest BCUT2D eigenvalue weighted by atomic mass is 10.0. The third kappa shape index (κ3) is 3.61. The Morgan fingerprint density at radius 3 is 2.64 bits per heavy atom. The van der Waals surface area contributed by atoms with Gasteiger partial charge in [-0.2, -0.15) is 0 Å². The highest BCUT2D eigenvalue weighted by Crippen LogP contribution is 2.32. The Balaban J connectivity index is 1.62. The van der Waals surface area contributed by atoms with Crippen LogP contribution in [0, 0.1) is 0 Å². The van der Waals surface area contributed by atoms with Gasteiger partial charge in [-0.15, -0.1) is 0 Å². The predicted molar refractivity (Wildman–Crippen MR) is 86.8 cm³/mol. The molecule has 3 rings (SSSR count). The highest BCUT2D eigenvalue weighted by molar-refractivity contribution is 7.88. The number of nitrogens with one attached hydrogen (secondary N) is 1. The predicted octanol–water partition coefficient (Wildman–Crippen LogP) is 2.94. The largest absolute Gasteiger partial charge is 0.493 e. The molecule has 1 unspecified atom stereocenters. The van der Waals surface area contributed by atoms with Crippen molar-refractivity contribution in [3.63, 3.8) is 0 Å². The molecule has 0 spiro atoms. The summed E-state index contributed by atoms with van der Waals surface area (Å²) in [6.07, 6.45) is 0. The van der Waals surface area contributed by atoms with E-state index in [1.165, 1.54) is 0 Å². The minimum Gasteiger partial charge on any atom is -0.493 e. The number of para-hydroxylation sites is 1. The summed E-state index contributed by atoms with van der Waals surface area (Å²) in [6.45, 7) is 0.843. The van der Waals surface area contributed by atoms with E-state index >= 15 is 0 Å². The number of ether oxygens (including phenoxy) is 1. The number of hydrogen-bond acceptors (Lipinski definition) is 3. The number of benzene rings is 2.